The molecule has 0 spiro atoms. The number of allylic oxidation sites excluding steroid dienone is 4. The standard InChI is InChI=1S/C25H24O2/c26-25(27)24-13-11-20-15-18(10-12-23(20)24)17-8-9-19(14-17)22-7-3-5-16-4-1-2-6-21(16)22/h3,5,7,9-15,24-27H,1-2,4,6,8H2. The van der Waals surface area contributed by atoms with Gasteiger partial charge in [-0.25, -0.2) is 0 Å². The van der Waals surface area contributed by atoms with Crippen LogP contribution >= 0.6 is 0 Å². The van der Waals surface area contributed by atoms with E-state index in [4.69, 9.17) is 0 Å². The van der Waals surface area contributed by atoms with E-state index < -0.39 is 6.29 Å². The number of aryl methyl sites for hydroxylation is 1. The highest BCUT2D eigenvalue weighted by Gasteiger charge is 2.24. The van der Waals surface area contributed by atoms with Gasteiger partial charge in [-0.1, -0.05) is 54.6 Å². The Kier molecular flexibility index (Phi) is 4.11. The lowest BCUT2D eigenvalue weighted by molar-refractivity contribution is -0.0490. The number of benzene rings is 2. The maximum atomic E-state index is 9.52. The number of hydrogen-bond donors (Lipinski definition) is 2. The van der Waals surface area contributed by atoms with E-state index in [1.807, 2.05) is 18.2 Å². The van der Waals surface area contributed by atoms with E-state index >= 15 is 0 Å². The van der Waals surface area contributed by atoms with Crippen molar-refractivity contribution in [3.8, 4) is 0 Å². The van der Waals surface area contributed by atoms with Crippen LogP contribution in [0.2, 0.25) is 0 Å². The number of hydrogen-bond acceptors (Lipinski definition) is 2. The topological polar surface area (TPSA) is 40.5 Å². The van der Waals surface area contributed by atoms with E-state index in [1.165, 1.54) is 53.5 Å². The molecular weight excluding hydrogens is 332 g/mol. The lowest BCUT2D eigenvalue weighted by Gasteiger charge is -2.19. The van der Waals surface area contributed by atoms with Gasteiger partial charge in [-0.05, 0) is 82.7 Å². The largest absolute Gasteiger partial charge is 0.367 e. The van der Waals surface area contributed by atoms with Crippen LogP contribution in [0.3, 0.4) is 0 Å². The van der Waals surface area contributed by atoms with Crippen molar-refractivity contribution < 1.29 is 10.2 Å². The lowest BCUT2D eigenvalue weighted by Crippen LogP contribution is -2.14. The second-order valence-corrected chi connectivity index (χ2v) is 7.83. The first-order chi connectivity index (χ1) is 13.2. The van der Waals surface area contributed by atoms with Gasteiger partial charge in [0.1, 0.15) is 0 Å². The minimum atomic E-state index is -1.34. The van der Waals surface area contributed by atoms with Crippen LogP contribution in [0.1, 0.15) is 58.6 Å². The lowest BCUT2D eigenvalue weighted by atomic mass is 9.86. The van der Waals surface area contributed by atoms with Crippen LogP contribution in [-0.4, -0.2) is 16.5 Å². The first-order valence-electron chi connectivity index (χ1n) is 9.91. The van der Waals surface area contributed by atoms with E-state index in [2.05, 4.69) is 42.5 Å². The van der Waals surface area contributed by atoms with Crippen molar-refractivity contribution in [3.05, 3.63) is 88.0 Å². The molecule has 0 saturated carbocycles. The third-order valence-electron chi connectivity index (χ3n) is 6.20. The summed E-state index contributed by atoms with van der Waals surface area (Å²) in [7, 11) is 0. The molecule has 1 atom stereocenters. The number of rotatable bonds is 3. The van der Waals surface area contributed by atoms with Gasteiger partial charge in [0.25, 0.3) is 0 Å². The fourth-order valence-electron chi connectivity index (χ4n) is 4.76. The highest BCUT2D eigenvalue weighted by Crippen LogP contribution is 2.39. The van der Waals surface area contributed by atoms with E-state index in [0.29, 0.717) is 0 Å². The van der Waals surface area contributed by atoms with Crippen LogP contribution in [0.5, 0.6) is 0 Å². The van der Waals surface area contributed by atoms with Gasteiger partial charge in [0.05, 0.1) is 5.92 Å². The van der Waals surface area contributed by atoms with Crippen LogP contribution in [0, 0.1) is 0 Å². The number of fused-ring (bicyclic) bond motifs is 2. The Hall–Kier alpha value is -2.42. The molecule has 5 rings (SSSR count). The molecule has 0 radical (unpaired) electrons. The molecule has 136 valence electrons. The average Bonchev–Trinajstić information content (AvgIpc) is 3.34. The molecule has 0 bridgehead atoms. The Labute approximate surface area is 160 Å². The van der Waals surface area contributed by atoms with Gasteiger partial charge >= 0.3 is 0 Å². The summed E-state index contributed by atoms with van der Waals surface area (Å²) in [6, 6.07) is 13.1. The van der Waals surface area contributed by atoms with Crippen molar-refractivity contribution in [2.75, 3.05) is 0 Å². The molecule has 0 amide bonds. The molecule has 1 unspecified atom stereocenters. The highest BCUT2D eigenvalue weighted by atomic mass is 16.5. The van der Waals surface area contributed by atoms with Crippen molar-refractivity contribution >= 4 is 17.2 Å². The molecule has 0 aromatic heterocycles. The molecule has 2 heteroatoms. The Bertz CT molecular complexity index is 991. The fraction of sp³-hybridized carbons (Fsp3) is 0.280. The molecule has 0 heterocycles. The maximum absolute atomic E-state index is 9.52. The highest BCUT2D eigenvalue weighted by molar-refractivity contribution is 5.91. The summed E-state index contributed by atoms with van der Waals surface area (Å²) in [5.41, 5.74) is 10.5. The number of aliphatic hydroxyl groups excluding tert-OH is 1. The monoisotopic (exact) mass is 356 g/mol. The molecule has 27 heavy (non-hydrogen) atoms. The van der Waals surface area contributed by atoms with Gasteiger partial charge in [0.2, 0.25) is 0 Å². The molecule has 2 aromatic carbocycles. The molecule has 2 nitrogen and oxygen atoms in total. The third kappa shape index (κ3) is 2.90. The second-order valence-electron chi connectivity index (χ2n) is 7.83. The van der Waals surface area contributed by atoms with E-state index in [9.17, 15) is 10.2 Å². The van der Waals surface area contributed by atoms with Gasteiger partial charge in [0.15, 0.2) is 6.29 Å². The summed E-state index contributed by atoms with van der Waals surface area (Å²) < 4.78 is 0. The van der Waals surface area contributed by atoms with Crippen molar-refractivity contribution in [1.82, 2.24) is 0 Å². The predicted molar refractivity (Wildman–Crippen MR) is 110 cm³/mol. The summed E-state index contributed by atoms with van der Waals surface area (Å²) in [4.78, 5) is 0. The van der Waals surface area contributed by atoms with Crippen molar-refractivity contribution in [2.45, 2.75) is 44.3 Å². The van der Waals surface area contributed by atoms with E-state index in [0.717, 1.165) is 17.5 Å². The van der Waals surface area contributed by atoms with Gasteiger partial charge in [-0.3, -0.25) is 0 Å². The molecule has 0 fully saturated rings. The zero-order chi connectivity index (χ0) is 18.4. The first-order valence-corrected chi connectivity index (χ1v) is 9.91. The Morgan fingerprint density at radius 3 is 2.78 bits per heavy atom. The Morgan fingerprint density at radius 2 is 1.89 bits per heavy atom. The molecule has 0 aliphatic heterocycles. The van der Waals surface area contributed by atoms with Gasteiger partial charge in [-0.15, -0.1) is 0 Å². The van der Waals surface area contributed by atoms with Crippen LogP contribution < -0.4 is 0 Å². The number of aliphatic hydroxyl groups is 2. The molecule has 2 aromatic rings. The molecule has 3 aliphatic carbocycles. The van der Waals surface area contributed by atoms with Crippen molar-refractivity contribution in [3.63, 3.8) is 0 Å². The minimum Gasteiger partial charge on any atom is -0.367 e. The van der Waals surface area contributed by atoms with E-state index in [-0.39, 0.29) is 5.92 Å². The normalized spacial score (nSPS) is 20.5. The van der Waals surface area contributed by atoms with Gasteiger partial charge in [0, 0.05) is 0 Å². The average molecular weight is 356 g/mol. The van der Waals surface area contributed by atoms with E-state index in [1.54, 1.807) is 5.56 Å². The summed E-state index contributed by atoms with van der Waals surface area (Å²) in [5.74, 6) is -0.309. The van der Waals surface area contributed by atoms with Crippen LogP contribution in [0.15, 0.2) is 54.6 Å². The zero-order valence-corrected chi connectivity index (χ0v) is 15.4. The van der Waals surface area contributed by atoms with Gasteiger partial charge < -0.3 is 10.2 Å². The molecule has 3 aliphatic rings. The first kappa shape index (κ1) is 16.7. The summed E-state index contributed by atoms with van der Waals surface area (Å²) >= 11 is 0. The molecule has 0 saturated heterocycles. The van der Waals surface area contributed by atoms with Gasteiger partial charge in [-0.2, -0.15) is 0 Å². The van der Waals surface area contributed by atoms with Crippen molar-refractivity contribution in [2.24, 2.45) is 0 Å². The minimum absolute atomic E-state index is 0.309. The van der Waals surface area contributed by atoms with Crippen LogP contribution in [-0.2, 0) is 12.8 Å². The van der Waals surface area contributed by atoms with Crippen LogP contribution in [0.4, 0.5) is 0 Å². The summed E-state index contributed by atoms with van der Waals surface area (Å²) in [6.07, 6.45) is 13.2. The summed E-state index contributed by atoms with van der Waals surface area (Å²) in [5, 5.41) is 19.0. The molecule has 2 N–H and O–H groups in total. The summed E-state index contributed by atoms with van der Waals surface area (Å²) in [6.45, 7) is 0. The van der Waals surface area contributed by atoms with Crippen LogP contribution in [0.25, 0.3) is 17.2 Å². The Balaban J connectivity index is 1.46. The molecular formula is C25H24O2. The maximum Gasteiger partial charge on any atom is 0.161 e. The third-order valence-corrected chi connectivity index (χ3v) is 6.20. The zero-order valence-electron chi connectivity index (χ0n) is 15.4. The predicted octanol–water partition coefficient (Wildman–Crippen LogP) is 4.86. The second kappa shape index (κ2) is 6.63. The quantitative estimate of drug-likeness (QED) is 0.771. The SMILES string of the molecule is OC(O)C1C=Cc2cc(C3=CC(c4cccc5c4CCCC5)=CC3)ccc21. The fourth-order valence-corrected chi connectivity index (χ4v) is 4.76. The van der Waals surface area contributed by atoms with Crippen molar-refractivity contribution in [1.29, 1.82) is 0 Å². The smallest absolute Gasteiger partial charge is 0.161 e. The Morgan fingerprint density at radius 1 is 1.00 bits per heavy atom.